The van der Waals surface area contributed by atoms with Crippen LogP contribution >= 0.6 is 0 Å². The molecule has 3 aromatic rings. The Morgan fingerprint density at radius 2 is 1.15 bits per heavy atom. The predicted molar refractivity (Wildman–Crippen MR) is 46.9 cm³/mol. The summed E-state index contributed by atoms with van der Waals surface area (Å²) >= 11 is 0. The van der Waals surface area contributed by atoms with Crippen LogP contribution in [0.25, 0.3) is 10.8 Å². The second-order valence-electron chi connectivity index (χ2n) is 3.11. The Morgan fingerprint density at radius 1 is 0.769 bits per heavy atom. The van der Waals surface area contributed by atoms with Gasteiger partial charge in [-0.3, -0.25) is 14.9 Å². The van der Waals surface area contributed by atoms with Crippen LogP contribution in [0.3, 0.4) is 0 Å². The fraction of sp³-hybridized carbons (Fsp3) is 0. The van der Waals surface area contributed by atoms with Crippen molar-refractivity contribution in [2.45, 2.75) is 0 Å². The summed E-state index contributed by atoms with van der Waals surface area (Å²) in [5, 5.41) is 3.94. The van der Waals surface area contributed by atoms with Crippen molar-refractivity contribution in [2.75, 3.05) is 0 Å². The lowest BCUT2D eigenvalue weighted by Gasteiger charge is -2.03. The Morgan fingerprint density at radius 3 is 1.54 bits per heavy atom. The van der Waals surface area contributed by atoms with E-state index in [1.165, 1.54) is 0 Å². The second-order valence-corrected chi connectivity index (χ2v) is 3.11. The Labute approximate surface area is 73.7 Å². The van der Waals surface area contributed by atoms with E-state index in [1.807, 2.05) is 24.3 Å². The van der Waals surface area contributed by atoms with Gasteiger partial charge in [-0.15, -0.1) is 0 Å². The molecule has 2 bridgehead atoms. The molecule has 0 atom stereocenters. The van der Waals surface area contributed by atoms with Crippen molar-refractivity contribution in [3.63, 3.8) is 0 Å². The van der Waals surface area contributed by atoms with Gasteiger partial charge in [-0.2, -0.15) is 0 Å². The highest BCUT2D eigenvalue weighted by atomic mass is 16.2. The number of carbonyl (C=O) groups excluding carboxylic acids is 2. The summed E-state index contributed by atoms with van der Waals surface area (Å²) in [7, 11) is 0. The van der Waals surface area contributed by atoms with Crippen molar-refractivity contribution in [3.8, 4) is 0 Å². The average Bonchev–Trinajstić information content (AvgIpc) is 2.47. The lowest BCUT2D eigenvalue weighted by Crippen LogP contribution is -2.19. The first kappa shape index (κ1) is 6.60. The molecule has 0 fully saturated rings. The molecule has 0 spiro atoms. The van der Waals surface area contributed by atoms with Crippen LogP contribution in [-0.4, -0.2) is 11.8 Å². The van der Waals surface area contributed by atoms with Gasteiger partial charge in [0.1, 0.15) is 0 Å². The molecule has 1 aliphatic heterocycles. The van der Waals surface area contributed by atoms with Crippen LogP contribution in [0.2, 0.25) is 0 Å². The number of carbonyl (C=O) groups is 2. The zero-order chi connectivity index (χ0) is 9.00. The summed E-state index contributed by atoms with van der Waals surface area (Å²) in [4.78, 5) is 22.6. The van der Waals surface area contributed by atoms with E-state index in [9.17, 15) is 9.59 Å². The molecule has 0 unspecified atom stereocenters. The summed E-state index contributed by atoms with van der Waals surface area (Å²) in [5.41, 5.74) is 1.06. The third kappa shape index (κ3) is 0.643. The van der Waals surface area contributed by atoms with Crippen LogP contribution in [0.4, 0.5) is 0 Å². The van der Waals surface area contributed by atoms with E-state index in [1.54, 1.807) is 0 Å². The molecule has 13 heavy (non-hydrogen) atoms. The van der Waals surface area contributed by atoms with Crippen LogP contribution in [0.15, 0.2) is 24.3 Å². The summed E-state index contributed by atoms with van der Waals surface area (Å²) in [6.07, 6.45) is 0. The molecular formula is C10H5NO2. The van der Waals surface area contributed by atoms with Crippen LogP contribution in [0, 0.1) is 0 Å². The molecule has 0 aliphatic carbocycles. The van der Waals surface area contributed by atoms with Gasteiger partial charge in [0.25, 0.3) is 11.8 Å². The number of imide groups is 1. The van der Waals surface area contributed by atoms with Crippen molar-refractivity contribution in [1.82, 2.24) is 5.32 Å². The van der Waals surface area contributed by atoms with Gasteiger partial charge in [0.15, 0.2) is 0 Å². The van der Waals surface area contributed by atoms with Gasteiger partial charge in [0.05, 0.1) is 11.1 Å². The number of rotatable bonds is 0. The lowest BCUT2D eigenvalue weighted by atomic mass is 9.98. The number of fused-ring (bicyclic) bond motifs is 2. The lowest BCUT2D eigenvalue weighted by molar-refractivity contribution is 0.0881. The van der Waals surface area contributed by atoms with Crippen LogP contribution in [0.5, 0.6) is 0 Å². The van der Waals surface area contributed by atoms with Gasteiger partial charge in [0.2, 0.25) is 0 Å². The average molecular weight is 171 g/mol. The van der Waals surface area contributed by atoms with E-state index in [-0.39, 0.29) is 11.8 Å². The highest BCUT2D eigenvalue weighted by Crippen LogP contribution is 2.28. The molecule has 0 radical (unpaired) electrons. The Kier molecular flexibility index (Phi) is 0.953. The minimum absolute atomic E-state index is 0.277. The van der Waals surface area contributed by atoms with Gasteiger partial charge >= 0.3 is 0 Å². The summed E-state index contributed by atoms with van der Waals surface area (Å²) in [5.74, 6) is -0.553. The topological polar surface area (TPSA) is 46.2 Å². The summed E-state index contributed by atoms with van der Waals surface area (Å²) in [6, 6.07) is 7.41. The maximum atomic E-state index is 11.3. The molecule has 3 nitrogen and oxygen atoms in total. The smallest absolute Gasteiger partial charge is 0.259 e. The molecule has 0 aromatic heterocycles. The van der Waals surface area contributed by atoms with Gasteiger partial charge in [-0.25, -0.2) is 0 Å². The van der Waals surface area contributed by atoms with Gasteiger partial charge < -0.3 is 0 Å². The predicted octanol–water partition coefficient (Wildman–Crippen LogP) is 1.16. The summed E-state index contributed by atoms with van der Waals surface area (Å²) in [6.45, 7) is 0. The normalized spacial score (nSPS) is 15.1. The van der Waals surface area contributed by atoms with E-state index >= 15 is 0 Å². The molecular weight excluding hydrogens is 166 g/mol. The highest BCUT2D eigenvalue weighted by Gasteiger charge is 2.30. The van der Waals surface area contributed by atoms with Crippen LogP contribution in [0.1, 0.15) is 20.7 Å². The summed E-state index contributed by atoms with van der Waals surface area (Å²) < 4.78 is 0. The molecule has 0 saturated heterocycles. The molecule has 2 amide bonds. The minimum atomic E-state index is -0.277. The van der Waals surface area contributed by atoms with E-state index < -0.39 is 0 Å². The minimum Gasteiger partial charge on any atom is -0.288 e. The first-order chi connectivity index (χ1) is 6.27. The maximum Gasteiger partial charge on any atom is 0.259 e. The van der Waals surface area contributed by atoms with Crippen molar-refractivity contribution in [2.24, 2.45) is 0 Å². The number of hydrogen-bond acceptors (Lipinski definition) is 2. The first-order valence-electron chi connectivity index (χ1n) is 3.98. The molecule has 1 aliphatic rings. The van der Waals surface area contributed by atoms with Crippen molar-refractivity contribution in [3.05, 3.63) is 35.4 Å². The maximum absolute atomic E-state index is 11.3. The Balaban J connectivity index is 2.56. The Hall–Kier alpha value is -1.90. The first-order valence-corrected chi connectivity index (χ1v) is 3.98. The monoisotopic (exact) mass is 171 g/mol. The third-order valence-corrected chi connectivity index (χ3v) is 2.39. The Bertz CT molecular complexity index is 463. The molecule has 1 heterocycles. The highest BCUT2D eigenvalue weighted by molar-refractivity contribution is 6.28. The van der Waals surface area contributed by atoms with E-state index in [0.29, 0.717) is 11.1 Å². The van der Waals surface area contributed by atoms with E-state index in [4.69, 9.17) is 0 Å². The number of benzene rings is 3. The molecule has 0 saturated carbocycles. The molecule has 62 valence electrons. The largest absolute Gasteiger partial charge is 0.288 e. The zero-order valence-electron chi connectivity index (χ0n) is 6.63. The molecule has 4 rings (SSSR count). The zero-order valence-corrected chi connectivity index (χ0v) is 6.63. The standard InChI is InChI=1S/C10H5NO2/c12-9-7-5-1-2-6(4-3-5)8(7)10(13)11-9/h1-4H,(H,11,12,13). The number of hydrogen-bond donors (Lipinski definition) is 1. The van der Waals surface area contributed by atoms with Crippen molar-refractivity contribution >= 4 is 22.6 Å². The van der Waals surface area contributed by atoms with E-state index in [2.05, 4.69) is 5.32 Å². The van der Waals surface area contributed by atoms with Gasteiger partial charge in [-0.1, -0.05) is 24.3 Å². The number of nitrogens with one attached hydrogen (secondary N) is 1. The van der Waals surface area contributed by atoms with Gasteiger partial charge in [0, 0.05) is 0 Å². The SMILES string of the molecule is O=C1NC(=O)c2c1c1ccc2cc1. The fourth-order valence-corrected chi connectivity index (χ4v) is 1.81. The molecule has 3 heteroatoms. The fourth-order valence-electron chi connectivity index (χ4n) is 1.81. The third-order valence-electron chi connectivity index (χ3n) is 2.39. The van der Waals surface area contributed by atoms with Crippen molar-refractivity contribution < 1.29 is 9.59 Å². The number of amides is 2. The quantitative estimate of drug-likeness (QED) is 0.604. The van der Waals surface area contributed by atoms with E-state index in [0.717, 1.165) is 10.8 Å². The molecule has 3 aromatic carbocycles. The van der Waals surface area contributed by atoms with Crippen LogP contribution < -0.4 is 5.32 Å². The van der Waals surface area contributed by atoms with Gasteiger partial charge in [-0.05, 0) is 10.8 Å². The van der Waals surface area contributed by atoms with Crippen molar-refractivity contribution in [1.29, 1.82) is 0 Å². The second kappa shape index (κ2) is 1.88. The van der Waals surface area contributed by atoms with Crippen LogP contribution in [-0.2, 0) is 0 Å². The molecule has 1 N–H and O–H groups in total.